The molecule has 5 nitrogen and oxygen atoms in total. The largest absolute Gasteiger partial charge is 0.374 e. The Labute approximate surface area is 144 Å². The first-order valence-electron chi connectivity index (χ1n) is 9.41. The zero-order valence-corrected chi connectivity index (χ0v) is 14.3. The van der Waals surface area contributed by atoms with Gasteiger partial charge >= 0.3 is 0 Å². The van der Waals surface area contributed by atoms with Crippen molar-refractivity contribution in [1.82, 2.24) is 9.88 Å². The highest BCUT2D eigenvalue weighted by atomic mass is 16.5. The smallest absolute Gasteiger partial charge is 0.227 e. The van der Waals surface area contributed by atoms with Crippen LogP contribution in [0.2, 0.25) is 0 Å². The Morgan fingerprint density at radius 3 is 2.92 bits per heavy atom. The van der Waals surface area contributed by atoms with Crippen LogP contribution in [-0.2, 0) is 9.53 Å². The quantitative estimate of drug-likeness (QED) is 0.836. The number of ether oxygens (including phenoxy) is 1. The molecule has 2 saturated heterocycles. The summed E-state index contributed by atoms with van der Waals surface area (Å²) in [6.07, 6.45) is 8.83. The maximum absolute atomic E-state index is 13.2. The topological polar surface area (TPSA) is 45.7 Å². The van der Waals surface area contributed by atoms with E-state index in [-0.39, 0.29) is 12.0 Å². The number of fused-ring (bicyclic) bond motifs is 1. The molecule has 0 N–H and O–H groups in total. The molecule has 1 aromatic rings. The van der Waals surface area contributed by atoms with E-state index in [2.05, 4.69) is 14.8 Å². The number of anilines is 1. The lowest BCUT2D eigenvalue weighted by Gasteiger charge is -2.46. The standard InChI is InChI=1S/C19H27N3O2/c23-19(22-12-13-24-17-8-2-1-7-16(17)22)15-6-5-11-21(14-15)18-9-3-4-10-20-18/h3-4,9-10,15-17H,1-2,5-8,11-14H2/t15-,16+,17-/m1/s1. The predicted octanol–water partition coefficient (Wildman–Crippen LogP) is 2.47. The summed E-state index contributed by atoms with van der Waals surface area (Å²) in [5, 5.41) is 0. The monoisotopic (exact) mass is 329 g/mol. The van der Waals surface area contributed by atoms with E-state index in [1.165, 1.54) is 12.8 Å². The van der Waals surface area contributed by atoms with Crippen LogP contribution in [-0.4, -0.2) is 54.2 Å². The van der Waals surface area contributed by atoms with Gasteiger partial charge in [0.05, 0.1) is 24.7 Å². The van der Waals surface area contributed by atoms with Crippen LogP contribution in [0.5, 0.6) is 0 Å². The third-order valence-electron chi connectivity index (χ3n) is 5.76. The Hall–Kier alpha value is -1.62. The maximum atomic E-state index is 13.2. The minimum atomic E-state index is 0.0985. The molecule has 24 heavy (non-hydrogen) atoms. The highest BCUT2D eigenvalue weighted by molar-refractivity contribution is 5.80. The van der Waals surface area contributed by atoms with Crippen molar-refractivity contribution in [3.63, 3.8) is 0 Å². The molecule has 0 radical (unpaired) electrons. The van der Waals surface area contributed by atoms with Gasteiger partial charge < -0.3 is 14.5 Å². The van der Waals surface area contributed by atoms with Crippen molar-refractivity contribution < 1.29 is 9.53 Å². The van der Waals surface area contributed by atoms with Gasteiger partial charge in [0.25, 0.3) is 0 Å². The Morgan fingerprint density at radius 2 is 2.04 bits per heavy atom. The Balaban J connectivity index is 1.45. The average Bonchev–Trinajstić information content (AvgIpc) is 2.68. The van der Waals surface area contributed by atoms with Crippen LogP contribution in [0.1, 0.15) is 38.5 Å². The molecule has 0 spiro atoms. The van der Waals surface area contributed by atoms with Gasteiger partial charge in [-0.2, -0.15) is 0 Å². The molecule has 5 heteroatoms. The summed E-state index contributed by atoms with van der Waals surface area (Å²) in [6, 6.07) is 6.30. The van der Waals surface area contributed by atoms with Crippen LogP contribution in [0.25, 0.3) is 0 Å². The van der Waals surface area contributed by atoms with Crippen LogP contribution in [0.15, 0.2) is 24.4 Å². The molecule has 130 valence electrons. The van der Waals surface area contributed by atoms with Gasteiger partial charge in [-0.1, -0.05) is 18.9 Å². The number of morpholine rings is 1. The van der Waals surface area contributed by atoms with E-state index >= 15 is 0 Å². The van der Waals surface area contributed by atoms with Crippen LogP contribution < -0.4 is 4.90 Å². The Kier molecular flexibility index (Phi) is 4.69. The molecular formula is C19H27N3O2. The van der Waals surface area contributed by atoms with Crippen LogP contribution in [0, 0.1) is 5.92 Å². The fraction of sp³-hybridized carbons (Fsp3) is 0.684. The summed E-state index contributed by atoms with van der Waals surface area (Å²) < 4.78 is 5.93. The molecular weight excluding hydrogens is 302 g/mol. The number of nitrogens with zero attached hydrogens (tertiary/aromatic N) is 3. The third kappa shape index (κ3) is 3.14. The molecule has 1 amide bonds. The maximum Gasteiger partial charge on any atom is 0.227 e. The van der Waals surface area contributed by atoms with Crippen molar-refractivity contribution in [3.05, 3.63) is 24.4 Å². The first kappa shape index (κ1) is 15.9. The van der Waals surface area contributed by atoms with Gasteiger partial charge in [-0.15, -0.1) is 0 Å². The number of aromatic nitrogens is 1. The molecule has 1 saturated carbocycles. The summed E-state index contributed by atoms with van der Waals surface area (Å²) >= 11 is 0. The van der Waals surface area contributed by atoms with Gasteiger partial charge in [0, 0.05) is 25.8 Å². The molecule has 3 atom stereocenters. The van der Waals surface area contributed by atoms with Gasteiger partial charge in [-0.05, 0) is 37.8 Å². The normalized spacial score (nSPS) is 30.8. The van der Waals surface area contributed by atoms with E-state index in [9.17, 15) is 4.79 Å². The number of hydrogen-bond acceptors (Lipinski definition) is 4. The van der Waals surface area contributed by atoms with E-state index in [1.807, 2.05) is 24.4 Å². The second-order valence-electron chi connectivity index (χ2n) is 7.27. The van der Waals surface area contributed by atoms with Crippen LogP contribution >= 0.6 is 0 Å². The molecule has 3 heterocycles. The highest BCUT2D eigenvalue weighted by Crippen LogP contribution is 2.31. The number of hydrogen-bond donors (Lipinski definition) is 0. The van der Waals surface area contributed by atoms with Crippen molar-refractivity contribution >= 4 is 11.7 Å². The Bertz CT molecular complexity index is 563. The zero-order chi connectivity index (χ0) is 16.4. The van der Waals surface area contributed by atoms with Gasteiger partial charge in [0.1, 0.15) is 5.82 Å². The second-order valence-corrected chi connectivity index (χ2v) is 7.27. The van der Waals surface area contributed by atoms with E-state index in [1.54, 1.807) is 0 Å². The minimum absolute atomic E-state index is 0.0985. The number of carbonyl (C=O) groups is 1. The predicted molar refractivity (Wildman–Crippen MR) is 92.9 cm³/mol. The van der Waals surface area contributed by atoms with Gasteiger partial charge in [-0.3, -0.25) is 4.79 Å². The number of piperidine rings is 1. The first-order valence-corrected chi connectivity index (χ1v) is 9.41. The molecule has 3 fully saturated rings. The summed E-state index contributed by atoms with van der Waals surface area (Å²) in [5.41, 5.74) is 0. The molecule has 0 bridgehead atoms. The van der Waals surface area contributed by atoms with Crippen molar-refractivity contribution in [2.45, 2.75) is 50.7 Å². The van der Waals surface area contributed by atoms with Crippen LogP contribution in [0.3, 0.4) is 0 Å². The fourth-order valence-electron chi connectivity index (χ4n) is 4.53. The fourth-order valence-corrected chi connectivity index (χ4v) is 4.53. The lowest BCUT2D eigenvalue weighted by atomic mass is 9.88. The zero-order valence-electron chi connectivity index (χ0n) is 14.3. The average molecular weight is 329 g/mol. The lowest BCUT2D eigenvalue weighted by molar-refractivity contribution is -0.154. The lowest BCUT2D eigenvalue weighted by Crippen LogP contribution is -2.57. The van der Waals surface area contributed by atoms with Gasteiger partial charge in [0.15, 0.2) is 0 Å². The van der Waals surface area contributed by atoms with Crippen molar-refractivity contribution in [2.75, 3.05) is 31.1 Å². The first-order chi connectivity index (χ1) is 11.8. The van der Waals surface area contributed by atoms with Crippen molar-refractivity contribution in [3.8, 4) is 0 Å². The molecule has 4 rings (SSSR count). The van der Waals surface area contributed by atoms with Gasteiger partial charge in [-0.25, -0.2) is 4.98 Å². The second kappa shape index (κ2) is 7.09. The SMILES string of the molecule is O=C([C@@H]1CCCN(c2ccccn2)C1)N1CCO[C@@H]2CCCC[C@@H]21. The van der Waals surface area contributed by atoms with Crippen LogP contribution in [0.4, 0.5) is 5.82 Å². The van der Waals surface area contributed by atoms with Crippen molar-refractivity contribution in [1.29, 1.82) is 0 Å². The van der Waals surface area contributed by atoms with E-state index in [4.69, 9.17) is 4.74 Å². The number of amides is 1. The highest BCUT2D eigenvalue weighted by Gasteiger charge is 2.39. The molecule has 3 aliphatic rings. The third-order valence-corrected chi connectivity index (χ3v) is 5.76. The van der Waals surface area contributed by atoms with Crippen molar-refractivity contribution in [2.24, 2.45) is 5.92 Å². The molecule has 1 aromatic heterocycles. The Morgan fingerprint density at radius 1 is 1.12 bits per heavy atom. The van der Waals surface area contributed by atoms with E-state index in [0.29, 0.717) is 18.6 Å². The number of rotatable bonds is 2. The summed E-state index contributed by atoms with van der Waals surface area (Å²) in [7, 11) is 0. The minimum Gasteiger partial charge on any atom is -0.374 e. The summed E-state index contributed by atoms with van der Waals surface area (Å²) in [6.45, 7) is 3.25. The van der Waals surface area contributed by atoms with E-state index in [0.717, 1.165) is 51.1 Å². The summed E-state index contributed by atoms with van der Waals surface area (Å²) in [5.74, 6) is 1.43. The van der Waals surface area contributed by atoms with E-state index < -0.39 is 0 Å². The molecule has 2 aliphatic heterocycles. The summed E-state index contributed by atoms with van der Waals surface area (Å²) in [4.78, 5) is 22.1. The molecule has 0 aromatic carbocycles. The molecule has 1 aliphatic carbocycles. The van der Waals surface area contributed by atoms with Gasteiger partial charge in [0.2, 0.25) is 5.91 Å². The number of pyridine rings is 1. The molecule has 0 unspecified atom stereocenters. The number of carbonyl (C=O) groups excluding carboxylic acids is 1.